The number of aromatic hydroxyl groups is 2. The second-order valence-electron chi connectivity index (χ2n) is 6.58. The van der Waals surface area contributed by atoms with E-state index < -0.39 is 0 Å². The number of aromatic nitrogens is 4. The minimum Gasteiger partial charge on any atom is -0.508 e. The second-order valence-corrected chi connectivity index (χ2v) is 6.58. The zero-order valence-electron chi connectivity index (χ0n) is 15.2. The first kappa shape index (κ1) is 17.6. The fraction of sp³-hybridized carbons (Fsp3) is 0.0909. The minimum atomic E-state index is 0.245. The van der Waals surface area contributed by atoms with E-state index in [1.165, 1.54) is 0 Å². The molecule has 2 N–H and O–H groups in total. The molecule has 2 aromatic heterocycles. The molecule has 0 unspecified atom stereocenters. The molecule has 6 nitrogen and oxygen atoms in total. The number of phenols is 2. The van der Waals surface area contributed by atoms with Gasteiger partial charge in [-0.05, 0) is 23.3 Å². The van der Waals surface area contributed by atoms with Gasteiger partial charge in [0.05, 0.1) is 25.7 Å². The predicted molar refractivity (Wildman–Crippen MR) is 108 cm³/mol. The van der Waals surface area contributed by atoms with Gasteiger partial charge in [-0.1, -0.05) is 36.4 Å². The van der Waals surface area contributed by atoms with Gasteiger partial charge in [0.2, 0.25) is 0 Å². The lowest BCUT2D eigenvalue weighted by atomic mass is 10.1. The molecule has 0 atom stereocenters. The van der Waals surface area contributed by atoms with Crippen LogP contribution in [0.5, 0.6) is 11.5 Å². The Balaban J connectivity index is 1.46. The van der Waals surface area contributed by atoms with Gasteiger partial charge in [-0.2, -0.15) is 0 Å². The van der Waals surface area contributed by atoms with E-state index in [1.807, 2.05) is 57.9 Å². The van der Waals surface area contributed by atoms with Crippen LogP contribution >= 0.6 is 0 Å². The lowest BCUT2D eigenvalue weighted by Crippen LogP contribution is -1.97. The number of hydrogen-bond acceptors (Lipinski definition) is 4. The fourth-order valence-corrected chi connectivity index (χ4v) is 2.98. The van der Waals surface area contributed by atoms with E-state index in [2.05, 4.69) is 9.97 Å². The Morgan fingerprint density at radius 3 is 1.54 bits per heavy atom. The molecule has 0 aliphatic carbocycles. The summed E-state index contributed by atoms with van der Waals surface area (Å²) in [4.78, 5) is 8.02. The molecule has 0 aliphatic rings. The van der Waals surface area contributed by atoms with Crippen LogP contribution in [-0.4, -0.2) is 29.3 Å². The van der Waals surface area contributed by atoms with Crippen molar-refractivity contribution in [1.29, 1.82) is 0 Å². The lowest BCUT2D eigenvalue weighted by molar-refractivity contribution is 0.465. The highest BCUT2D eigenvalue weighted by atomic mass is 16.3. The smallest absolute Gasteiger partial charge is 0.121 e. The number of hydrogen-bond donors (Lipinski definition) is 2. The molecule has 0 saturated heterocycles. The summed E-state index contributed by atoms with van der Waals surface area (Å²) in [5.74, 6) is 0.490. The van der Waals surface area contributed by atoms with E-state index in [0.29, 0.717) is 13.1 Å². The highest BCUT2D eigenvalue weighted by molar-refractivity contribution is 5.71. The van der Waals surface area contributed by atoms with E-state index in [0.717, 1.165) is 22.3 Å². The molecule has 140 valence electrons. The molecule has 0 spiro atoms. The quantitative estimate of drug-likeness (QED) is 0.505. The number of imidazole rings is 2. The molecule has 0 saturated carbocycles. The maximum atomic E-state index is 10.3. The van der Waals surface area contributed by atoms with Gasteiger partial charge in [-0.15, -0.1) is 0 Å². The number of nitrogens with zero attached hydrogens (tertiary/aromatic N) is 4. The summed E-state index contributed by atoms with van der Waals surface area (Å²) in [6, 6.07) is 11.2. The van der Waals surface area contributed by atoms with E-state index in [-0.39, 0.29) is 11.5 Å². The molecule has 2 aromatic carbocycles. The first-order chi connectivity index (χ1) is 13.7. The van der Waals surface area contributed by atoms with Crippen molar-refractivity contribution in [3.63, 3.8) is 0 Å². The fourth-order valence-electron chi connectivity index (χ4n) is 2.98. The predicted octanol–water partition coefficient (Wildman–Crippen LogP) is 3.76. The van der Waals surface area contributed by atoms with Gasteiger partial charge in [-0.3, -0.25) is 0 Å². The molecule has 0 fully saturated rings. The zero-order valence-corrected chi connectivity index (χ0v) is 15.2. The lowest BCUT2D eigenvalue weighted by Gasteiger charge is -2.07. The Labute approximate surface area is 162 Å². The molecule has 28 heavy (non-hydrogen) atoms. The Morgan fingerprint density at radius 2 is 1.18 bits per heavy atom. The van der Waals surface area contributed by atoms with E-state index in [9.17, 15) is 10.2 Å². The monoisotopic (exact) mass is 372 g/mol. The number of benzene rings is 2. The van der Waals surface area contributed by atoms with Crippen LogP contribution in [0.15, 0.2) is 73.8 Å². The van der Waals surface area contributed by atoms with Crippen LogP contribution in [0.3, 0.4) is 0 Å². The highest BCUT2D eigenvalue weighted by Crippen LogP contribution is 2.23. The van der Waals surface area contributed by atoms with Gasteiger partial charge in [0.15, 0.2) is 0 Å². The summed E-state index contributed by atoms with van der Waals surface area (Å²) < 4.78 is 3.80. The van der Waals surface area contributed by atoms with Crippen LogP contribution in [0.1, 0.15) is 22.3 Å². The van der Waals surface area contributed by atoms with Crippen LogP contribution in [0.2, 0.25) is 0 Å². The summed E-state index contributed by atoms with van der Waals surface area (Å²) in [5, 5.41) is 20.6. The van der Waals surface area contributed by atoms with Crippen LogP contribution in [-0.2, 0) is 13.1 Å². The third kappa shape index (κ3) is 4.12. The van der Waals surface area contributed by atoms with Gasteiger partial charge >= 0.3 is 0 Å². The molecule has 6 heteroatoms. The van der Waals surface area contributed by atoms with Crippen LogP contribution in [0.4, 0.5) is 0 Å². The molecular weight excluding hydrogens is 352 g/mol. The van der Waals surface area contributed by atoms with Crippen LogP contribution in [0.25, 0.3) is 12.2 Å². The Bertz CT molecular complexity index is 996. The van der Waals surface area contributed by atoms with Crippen molar-refractivity contribution in [2.45, 2.75) is 13.1 Å². The average molecular weight is 372 g/mol. The zero-order chi connectivity index (χ0) is 19.3. The molecule has 4 aromatic rings. The van der Waals surface area contributed by atoms with Crippen LogP contribution < -0.4 is 0 Å². The summed E-state index contributed by atoms with van der Waals surface area (Å²) >= 11 is 0. The molecule has 0 amide bonds. The topological polar surface area (TPSA) is 76.1 Å². The van der Waals surface area contributed by atoms with Gasteiger partial charge in [-0.25, -0.2) is 9.97 Å². The maximum Gasteiger partial charge on any atom is 0.121 e. The van der Waals surface area contributed by atoms with Crippen molar-refractivity contribution >= 4 is 12.2 Å². The first-order valence-corrected chi connectivity index (χ1v) is 8.91. The van der Waals surface area contributed by atoms with E-state index in [1.54, 1.807) is 37.2 Å². The van der Waals surface area contributed by atoms with Crippen LogP contribution in [0, 0.1) is 0 Å². The molecule has 0 aliphatic heterocycles. The Morgan fingerprint density at radius 1 is 0.714 bits per heavy atom. The van der Waals surface area contributed by atoms with Crippen molar-refractivity contribution in [3.8, 4) is 11.5 Å². The third-order valence-electron chi connectivity index (χ3n) is 4.51. The second kappa shape index (κ2) is 7.84. The van der Waals surface area contributed by atoms with E-state index >= 15 is 0 Å². The van der Waals surface area contributed by atoms with Crippen molar-refractivity contribution in [2.24, 2.45) is 0 Å². The standard InChI is InChI=1S/C22H20N4O2/c27-21-11-17(3-5-19(21)13-25-9-7-23-15-25)1-2-18-4-6-20(22(28)12-18)14-26-10-8-24-16-26/h1-12,15-16,27-28H,13-14H2/b2-1-. The largest absolute Gasteiger partial charge is 0.508 e. The summed E-state index contributed by atoms with van der Waals surface area (Å²) in [7, 11) is 0. The molecule has 0 radical (unpaired) electrons. The van der Waals surface area contributed by atoms with Gasteiger partial charge in [0.25, 0.3) is 0 Å². The highest BCUT2D eigenvalue weighted by Gasteiger charge is 2.04. The van der Waals surface area contributed by atoms with Gasteiger partial charge < -0.3 is 19.3 Å². The normalized spacial score (nSPS) is 11.3. The van der Waals surface area contributed by atoms with Crippen molar-refractivity contribution in [3.05, 3.63) is 96.1 Å². The van der Waals surface area contributed by atoms with Gasteiger partial charge in [0, 0.05) is 35.9 Å². The van der Waals surface area contributed by atoms with Crippen molar-refractivity contribution in [2.75, 3.05) is 0 Å². The minimum absolute atomic E-state index is 0.245. The summed E-state index contributed by atoms with van der Waals surface area (Å²) in [6.45, 7) is 1.14. The number of rotatable bonds is 6. The first-order valence-electron chi connectivity index (χ1n) is 8.91. The third-order valence-corrected chi connectivity index (χ3v) is 4.51. The van der Waals surface area contributed by atoms with Crippen molar-refractivity contribution in [1.82, 2.24) is 19.1 Å². The van der Waals surface area contributed by atoms with Crippen molar-refractivity contribution < 1.29 is 10.2 Å². The summed E-state index contributed by atoms with van der Waals surface area (Å²) in [6.07, 6.45) is 14.4. The SMILES string of the molecule is Oc1cc(/C=C\c2ccc(Cn3ccnc3)c(O)c2)ccc1Cn1ccnc1. The average Bonchev–Trinajstić information content (AvgIpc) is 3.38. The van der Waals surface area contributed by atoms with Gasteiger partial charge in [0.1, 0.15) is 11.5 Å². The molecule has 2 heterocycles. The van der Waals surface area contributed by atoms with E-state index in [4.69, 9.17) is 0 Å². The molecule has 4 rings (SSSR count). The Hall–Kier alpha value is -3.80. The summed E-state index contributed by atoms with van der Waals surface area (Å²) in [5.41, 5.74) is 3.43. The maximum absolute atomic E-state index is 10.3. The Kier molecular flexibility index (Phi) is 4.93. The molecule has 0 bridgehead atoms. The molecular formula is C22H20N4O2. The number of phenolic OH excluding ortho intramolecular Hbond substituents is 2.